The summed E-state index contributed by atoms with van der Waals surface area (Å²) >= 11 is 0. The van der Waals surface area contributed by atoms with Gasteiger partial charge in [0.1, 0.15) is 35.9 Å². The molecule has 1 aliphatic heterocycles. The van der Waals surface area contributed by atoms with Gasteiger partial charge in [-0.1, -0.05) is 0 Å². The van der Waals surface area contributed by atoms with Crippen LogP contribution in [0.5, 0.6) is 0 Å². The van der Waals surface area contributed by atoms with Crippen molar-refractivity contribution in [2.24, 2.45) is 0 Å². The third-order valence-electron chi connectivity index (χ3n) is 4.31. The first-order chi connectivity index (χ1) is 12.1. The number of H-pyrrole nitrogens is 1. The van der Waals surface area contributed by atoms with Crippen molar-refractivity contribution in [1.82, 2.24) is 9.97 Å². The zero-order valence-electron chi connectivity index (χ0n) is 13.2. The number of pyridine rings is 2. The lowest BCUT2D eigenvalue weighted by molar-refractivity contribution is -0.141. The molecule has 0 spiro atoms. The van der Waals surface area contributed by atoms with Gasteiger partial charge in [-0.3, -0.25) is 4.79 Å². The van der Waals surface area contributed by atoms with Crippen LogP contribution in [0.4, 0.5) is 17.6 Å². The van der Waals surface area contributed by atoms with Gasteiger partial charge >= 0.3 is 6.18 Å². The molecule has 7 nitrogen and oxygen atoms in total. The molecule has 1 fully saturated rings. The number of aliphatic hydroxyl groups is 3. The van der Waals surface area contributed by atoms with Crippen molar-refractivity contribution in [3.63, 3.8) is 0 Å². The molecule has 4 N–H and O–H groups in total. The van der Waals surface area contributed by atoms with Gasteiger partial charge in [-0.25, -0.2) is 9.37 Å². The van der Waals surface area contributed by atoms with E-state index in [2.05, 4.69) is 4.98 Å². The third kappa shape index (κ3) is 2.86. The number of nitrogens with one attached hydrogen (secondary N) is 1. The van der Waals surface area contributed by atoms with Crippen LogP contribution in [0.3, 0.4) is 0 Å². The van der Waals surface area contributed by atoms with Crippen LogP contribution in [0.15, 0.2) is 10.9 Å². The highest BCUT2D eigenvalue weighted by Crippen LogP contribution is 2.35. The van der Waals surface area contributed by atoms with E-state index in [9.17, 15) is 32.6 Å². The normalized spacial score (nSPS) is 26.6. The first-order valence-electron chi connectivity index (χ1n) is 7.49. The van der Waals surface area contributed by atoms with Crippen LogP contribution >= 0.6 is 0 Å². The fraction of sp³-hybridized carbons (Fsp3) is 0.467. The number of hydrogen-bond acceptors (Lipinski definition) is 6. The van der Waals surface area contributed by atoms with Crippen molar-refractivity contribution in [2.45, 2.75) is 37.5 Å². The average Bonchev–Trinajstić information content (AvgIpc) is 2.84. The Morgan fingerprint density at radius 3 is 2.50 bits per heavy atom. The molecule has 2 aromatic rings. The van der Waals surface area contributed by atoms with Gasteiger partial charge in [-0.05, 0) is 13.0 Å². The van der Waals surface area contributed by atoms with Gasteiger partial charge in [0.05, 0.1) is 12.0 Å². The summed E-state index contributed by atoms with van der Waals surface area (Å²) in [6, 6.07) is 0.921. The van der Waals surface area contributed by atoms with E-state index in [1.54, 1.807) is 0 Å². The number of halogens is 4. The molecule has 1 saturated heterocycles. The molecule has 142 valence electrons. The summed E-state index contributed by atoms with van der Waals surface area (Å²) in [6.45, 7) is 0.270. The highest BCUT2D eigenvalue weighted by molar-refractivity contribution is 5.77. The number of ether oxygens (including phenoxy) is 1. The highest BCUT2D eigenvalue weighted by atomic mass is 19.4. The standard InChI is InChI=1S/C15H14F4N2O5/c1-4-8(16)5-2-6(11-10(24)9(23)7(3-22)26-11)14(25)21-13(5)20-12(4)15(17,18)19/h2,7,9-11,22-24H,3H2,1H3,(H,20,21,25)/t7-,9?,10?,11+/m1/s1. The van der Waals surface area contributed by atoms with Crippen molar-refractivity contribution < 1.29 is 37.6 Å². The lowest BCUT2D eigenvalue weighted by atomic mass is 10.0. The summed E-state index contributed by atoms with van der Waals surface area (Å²) in [4.78, 5) is 17.5. The number of fused-ring (bicyclic) bond motifs is 1. The van der Waals surface area contributed by atoms with E-state index in [1.807, 2.05) is 4.98 Å². The number of nitrogens with zero attached hydrogens (tertiary/aromatic N) is 1. The summed E-state index contributed by atoms with van der Waals surface area (Å²) in [6.07, 6.45) is -10.5. The monoisotopic (exact) mass is 378 g/mol. The average molecular weight is 378 g/mol. The molecule has 2 aromatic heterocycles. The first kappa shape index (κ1) is 18.7. The largest absolute Gasteiger partial charge is 0.433 e. The number of aliphatic hydroxyl groups excluding tert-OH is 3. The molecular weight excluding hydrogens is 364 g/mol. The second-order valence-electron chi connectivity index (χ2n) is 5.97. The topological polar surface area (TPSA) is 116 Å². The molecule has 0 aliphatic carbocycles. The van der Waals surface area contributed by atoms with Crippen LogP contribution in [-0.4, -0.2) is 50.2 Å². The van der Waals surface area contributed by atoms with Gasteiger partial charge < -0.3 is 25.0 Å². The minimum atomic E-state index is -4.90. The van der Waals surface area contributed by atoms with Crippen LogP contribution in [0.1, 0.15) is 22.9 Å². The fourth-order valence-electron chi connectivity index (χ4n) is 2.94. The molecule has 0 aromatic carbocycles. The minimum absolute atomic E-state index is 0.306. The lowest BCUT2D eigenvalue weighted by Gasteiger charge is -2.16. The third-order valence-corrected chi connectivity index (χ3v) is 4.31. The molecule has 0 amide bonds. The van der Waals surface area contributed by atoms with Crippen molar-refractivity contribution >= 4 is 11.0 Å². The van der Waals surface area contributed by atoms with E-state index < -0.39 is 70.9 Å². The molecule has 1 aliphatic rings. The Hall–Kier alpha value is -2.08. The summed E-state index contributed by atoms with van der Waals surface area (Å²) in [5.41, 5.74) is -4.08. The second-order valence-corrected chi connectivity index (χ2v) is 5.97. The maximum atomic E-state index is 14.4. The van der Waals surface area contributed by atoms with Crippen LogP contribution in [0, 0.1) is 12.7 Å². The number of hydrogen-bond donors (Lipinski definition) is 4. The minimum Gasteiger partial charge on any atom is -0.394 e. The number of aromatic amines is 1. The van der Waals surface area contributed by atoms with E-state index in [0.29, 0.717) is 0 Å². The Labute approximate surface area is 142 Å². The summed E-state index contributed by atoms with van der Waals surface area (Å²) in [5.74, 6) is -1.23. The predicted octanol–water partition coefficient (Wildman–Crippen LogP) is 0.543. The van der Waals surface area contributed by atoms with E-state index in [0.717, 1.165) is 13.0 Å². The predicted molar refractivity (Wildman–Crippen MR) is 78.8 cm³/mol. The number of rotatable bonds is 2. The molecule has 0 radical (unpaired) electrons. The molecule has 26 heavy (non-hydrogen) atoms. The number of aromatic nitrogens is 2. The Morgan fingerprint density at radius 1 is 1.31 bits per heavy atom. The fourth-order valence-corrected chi connectivity index (χ4v) is 2.94. The van der Waals surface area contributed by atoms with Crippen molar-refractivity contribution in [3.8, 4) is 0 Å². The molecule has 2 unspecified atom stereocenters. The SMILES string of the molecule is Cc1c(C(F)(F)F)nc2[nH]c(=O)c([C@@H]3O[C@H](CO)C(O)C3O)cc2c1F. The molecule has 4 atom stereocenters. The molecule has 0 saturated carbocycles. The van der Waals surface area contributed by atoms with Crippen molar-refractivity contribution in [3.05, 3.63) is 39.1 Å². The van der Waals surface area contributed by atoms with Gasteiger partial charge in [-0.15, -0.1) is 0 Å². The lowest BCUT2D eigenvalue weighted by Crippen LogP contribution is -2.33. The second kappa shape index (κ2) is 6.27. The summed E-state index contributed by atoms with van der Waals surface area (Å²) in [7, 11) is 0. The zero-order chi connectivity index (χ0) is 19.4. The quantitative estimate of drug-likeness (QED) is 0.567. The first-order valence-corrected chi connectivity index (χ1v) is 7.49. The maximum Gasteiger partial charge on any atom is 0.433 e. The summed E-state index contributed by atoms with van der Waals surface area (Å²) in [5, 5.41) is 28.4. The summed E-state index contributed by atoms with van der Waals surface area (Å²) < 4.78 is 58.5. The molecule has 3 rings (SSSR count). The maximum absolute atomic E-state index is 14.4. The van der Waals surface area contributed by atoms with Crippen LogP contribution < -0.4 is 5.56 Å². The van der Waals surface area contributed by atoms with Gasteiger partial charge in [0.2, 0.25) is 0 Å². The van der Waals surface area contributed by atoms with E-state index in [1.165, 1.54) is 0 Å². The van der Waals surface area contributed by atoms with Gasteiger partial charge in [-0.2, -0.15) is 13.2 Å². The van der Waals surface area contributed by atoms with E-state index in [-0.39, 0.29) is 5.56 Å². The van der Waals surface area contributed by atoms with Crippen LogP contribution in [0.2, 0.25) is 0 Å². The molecule has 11 heteroatoms. The van der Waals surface area contributed by atoms with Crippen molar-refractivity contribution in [1.29, 1.82) is 0 Å². The Balaban J connectivity index is 2.18. The molecule has 0 bridgehead atoms. The smallest absolute Gasteiger partial charge is 0.394 e. The molecule has 3 heterocycles. The van der Waals surface area contributed by atoms with E-state index in [4.69, 9.17) is 9.84 Å². The van der Waals surface area contributed by atoms with Crippen LogP contribution in [0.25, 0.3) is 11.0 Å². The van der Waals surface area contributed by atoms with E-state index >= 15 is 0 Å². The van der Waals surface area contributed by atoms with Crippen molar-refractivity contribution in [2.75, 3.05) is 6.61 Å². The van der Waals surface area contributed by atoms with Crippen LogP contribution in [-0.2, 0) is 10.9 Å². The zero-order valence-corrected chi connectivity index (χ0v) is 13.2. The molecular formula is C15H14F4N2O5. The highest BCUT2D eigenvalue weighted by Gasteiger charge is 2.44. The number of alkyl halides is 3. The van der Waals surface area contributed by atoms with Gasteiger partial charge in [0.25, 0.3) is 5.56 Å². The Kier molecular flexibility index (Phi) is 4.51. The Morgan fingerprint density at radius 2 is 1.96 bits per heavy atom. The Bertz CT molecular complexity index is 914. The van der Waals surface area contributed by atoms with Gasteiger partial charge in [0.15, 0.2) is 5.69 Å². The van der Waals surface area contributed by atoms with Gasteiger partial charge in [0, 0.05) is 11.1 Å².